The summed E-state index contributed by atoms with van der Waals surface area (Å²) >= 11 is 0. The van der Waals surface area contributed by atoms with Gasteiger partial charge in [-0.05, 0) is 49.8 Å². The lowest BCUT2D eigenvalue weighted by molar-refractivity contribution is 0.672. The Morgan fingerprint density at radius 3 is 2.88 bits per heavy atom. The van der Waals surface area contributed by atoms with Gasteiger partial charge in [-0.2, -0.15) is 0 Å². The molecule has 88 valence electrons. The summed E-state index contributed by atoms with van der Waals surface area (Å²) in [7, 11) is 0. The predicted octanol–water partition coefficient (Wildman–Crippen LogP) is 2.41. The molecule has 3 heteroatoms. The van der Waals surface area contributed by atoms with Crippen LogP contribution < -0.4 is 5.73 Å². The van der Waals surface area contributed by atoms with Crippen LogP contribution in [0.5, 0.6) is 0 Å². The van der Waals surface area contributed by atoms with E-state index in [1.165, 1.54) is 36.8 Å². The second-order valence-corrected chi connectivity index (χ2v) is 5.75. The van der Waals surface area contributed by atoms with E-state index < -0.39 is 0 Å². The molecule has 1 aromatic carbocycles. The lowest BCUT2D eigenvalue weighted by Gasteiger charge is -2.08. The van der Waals surface area contributed by atoms with Crippen LogP contribution >= 0.6 is 0 Å². The quantitative estimate of drug-likeness (QED) is 0.875. The summed E-state index contributed by atoms with van der Waals surface area (Å²) in [5, 5.41) is 0. The van der Waals surface area contributed by atoms with E-state index >= 15 is 0 Å². The second-order valence-electron chi connectivity index (χ2n) is 5.75. The van der Waals surface area contributed by atoms with E-state index in [0.29, 0.717) is 6.04 Å². The Labute approximate surface area is 101 Å². The highest BCUT2D eigenvalue weighted by Gasteiger charge is 2.38. The number of nitrogens with two attached hydrogens (primary N) is 1. The van der Waals surface area contributed by atoms with Crippen molar-refractivity contribution in [2.75, 3.05) is 0 Å². The van der Waals surface area contributed by atoms with Crippen molar-refractivity contribution in [1.82, 2.24) is 9.55 Å². The summed E-state index contributed by atoms with van der Waals surface area (Å²) in [4.78, 5) is 4.51. The summed E-state index contributed by atoms with van der Waals surface area (Å²) in [6.07, 6.45) is 7.93. The molecule has 4 rings (SSSR count). The molecular formula is C14H17N3. The maximum absolute atomic E-state index is 6.16. The minimum absolute atomic E-state index is 0.0900. The predicted molar refractivity (Wildman–Crippen MR) is 67.9 cm³/mol. The number of hydrogen-bond acceptors (Lipinski definition) is 2. The standard InChI is InChI=1S/C14H17N3/c15-14(5-6-14)8-10-1-4-13-12(7-10)16-9-17(13)11-2-3-11/h1,4,7,9,11H,2-3,5-6,8,15H2. The normalized spacial score (nSPS) is 21.9. The van der Waals surface area contributed by atoms with Crippen LogP contribution in [-0.2, 0) is 6.42 Å². The molecule has 2 aromatic rings. The molecule has 2 fully saturated rings. The fourth-order valence-corrected chi connectivity index (χ4v) is 2.57. The molecule has 0 atom stereocenters. The smallest absolute Gasteiger partial charge is 0.0960 e. The van der Waals surface area contributed by atoms with Gasteiger partial charge in [-0.3, -0.25) is 0 Å². The molecule has 0 bridgehead atoms. The molecule has 0 unspecified atom stereocenters. The van der Waals surface area contributed by atoms with Crippen molar-refractivity contribution < 1.29 is 0 Å². The van der Waals surface area contributed by atoms with Gasteiger partial charge in [0.15, 0.2) is 0 Å². The Morgan fingerprint density at radius 1 is 1.35 bits per heavy atom. The van der Waals surface area contributed by atoms with Crippen LogP contribution in [0.3, 0.4) is 0 Å². The molecule has 0 spiro atoms. The highest BCUT2D eigenvalue weighted by molar-refractivity contribution is 5.76. The van der Waals surface area contributed by atoms with Crippen LogP contribution in [0.15, 0.2) is 24.5 Å². The molecule has 2 aliphatic carbocycles. The third kappa shape index (κ3) is 1.65. The van der Waals surface area contributed by atoms with E-state index in [1.54, 1.807) is 0 Å². The van der Waals surface area contributed by atoms with Gasteiger partial charge in [0.2, 0.25) is 0 Å². The Hall–Kier alpha value is -1.35. The summed E-state index contributed by atoms with van der Waals surface area (Å²) in [5.74, 6) is 0. The SMILES string of the molecule is NC1(Cc2ccc3c(c2)ncn3C2CC2)CC1. The van der Waals surface area contributed by atoms with Crippen molar-refractivity contribution in [2.45, 2.75) is 43.7 Å². The average molecular weight is 227 g/mol. The largest absolute Gasteiger partial charge is 0.327 e. The molecule has 1 heterocycles. The first kappa shape index (κ1) is 9.66. The van der Waals surface area contributed by atoms with Crippen molar-refractivity contribution in [2.24, 2.45) is 5.73 Å². The van der Waals surface area contributed by atoms with E-state index in [4.69, 9.17) is 5.73 Å². The third-order valence-electron chi connectivity index (χ3n) is 4.03. The maximum Gasteiger partial charge on any atom is 0.0960 e. The Morgan fingerprint density at radius 2 is 2.18 bits per heavy atom. The molecule has 17 heavy (non-hydrogen) atoms. The molecule has 1 aromatic heterocycles. The maximum atomic E-state index is 6.16. The molecule has 0 radical (unpaired) electrons. The highest BCUT2D eigenvalue weighted by Crippen LogP contribution is 2.38. The van der Waals surface area contributed by atoms with Crippen LogP contribution in [0.2, 0.25) is 0 Å². The molecule has 0 saturated heterocycles. The van der Waals surface area contributed by atoms with Crippen LogP contribution in [-0.4, -0.2) is 15.1 Å². The lowest BCUT2D eigenvalue weighted by atomic mass is 10.0. The van der Waals surface area contributed by atoms with E-state index in [0.717, 1.165) is 11.9 Å². The minimum Gasteiger partial charge on any atom is -0.327 e. The number of imidazole rings is 1. The van der Waals surface area contributed by atoms with Gasteiger partial charge in [-0.1, -0.05) is 6.07 Å². The van der Waals surface area contributed by atoms with Crippen LogP contribution in [0, 0.1) is 0 Å². The fourth-order valence-electron chi connectivity index (χ4n) is 2.57. The average Bonchev–Trinajstić information content (AvgIpc) is 3.22. The van der Waals surface area contributed by atoms with Gasteiger partial charge in [0.1, 0.15) is 0 Å². The van der Waals surface area contributed by atoms with E-state index in [1.807, 2.05) is 6.33 Å². The number of fused-ring (bicyclic) bond motifs is 1. The first-order chi connectivity index (χ1) is 8.23. The first-order valence-electron chi connectivity index (χ1n) is 6.48. The summed E-state index contributed by atoms with van der Waals surface area (Å²) in [6, 6.07) is 7.34. The zero-order valence-electron chi connectivity index (χ0n) is 9.89. The molecule has 2 saturated carbocycles. The Balaban J connectivity index is 1.72. The van der Waals surface area contributed by atoms with Crippen molar-refractivity contribution >= 4 is 11.0 Å². The zero-order valence-corrected chi connectivity index (χ0v) is 9.89. The first-order valence-corrected chi connectivity index (χ1v) is 6.48. The number of aromatic nitrogens is 2. The molecular weight excluding hydrogens is 210 g/mol. The van der Waals surface area contributed by atoms with Crippen molar-refractivity contribution in [1.29, 1.82) is 0 Å². The van der Waals surface area contributed by atoms with Crippen molar-refractivity contribution in [3.8, 4) is 0 Å². The second kappa shape index (κ2) is 3.10. The Bertz CT molecular complexity index is 576. The van der Waals surface area contributed by atoms with Gasteiger partial charge >= 0.3 is 0 Å². The molecule has 0 aliphatic heterocycles. The van der Waals surface area contributed by atoms with Gasteiger partial charge in [0.25, 0.3) is 0 Å². The number of benzene rings is 1. The molecule has 2 N–H and O–H groups in total. The van der Waals surface area contributed by atoms with Gasteiger partial charge in [-0.25, -0.2) is 4.98 Å². The van der Waals surface area contributed by atoms with Crippen LogP contribution in [0.25, 0.3) is 11.0 Å². The number of hydrogen-bond donors (Lipinski definition) is 1. The monoisotopic (exact) mass is 227 g/mol. The summed E-state index contributed by atoms with van der Waals surface area (Å²) in [5.41, 5.74) is 9.98. The van der Waals surface area contributed by atoms with Crippen LogP contribution in [0.4, 0.5) is 0 Å². The molecule has 2 aliphatic rings. The van der Waals surface area contributed by atoms with Gasteiger partial charge in [0.05, 0.1) is 17.4 Å². The van der Waals surface area contributed by atoms with Crippen LogP contribution in [0.1, 0.15) is 37.3 Å². The van der Waals surface area contributed by atoms with Gasteiger partial charge < -0.3 is 10.3 Å². The summed E-state index contributed by atoms with van der Waals surface area (Å²) < 4.78 is 2.31. The van der Waals surface area contributed by atoms with E-state index in [9.17, 15) is 0 Å². The van der Waals surface area contributed by atoms with E-state index in [2.05, 4.69) is 27.8 Å². The topological polar surface area (TPSA) is 43.8 Å². The fraction of sp³-hybridized carbons (Fsp3) is 0.500. The van der Waals surface area contributed by atoms with Gasteiger partial charge in [0, 0.05) is 11.6 Å². The van der Waals surface area contributed by atoms with Crippen molar-refractivity contribution in [3.05, 3.63) is 30.1 Å². The molecule has 3 nitrogen and oxygen atoms in total. The van der Waals surface area contributed by atoms with E-state index in [-0.39, 0.29) is 5.54 Å². The highest BCUT2D eigenvalue weighted by atomic mass is 15.1. The zero-order chi connectivity index (χ0) is 11.5. The third-order valence-corrected chi connectivity index (χ3v) is 4.03. The lowest BCUT2D eigenvalue weighted by Crippen LogP contribution is -2.24. The van der Waals surface area contributed by atoms with Crippen molar-refractivity contribution in [3.63, 3.8) is 0 Å². The summed E-state index contributed by atoms with van der Waals surface area (Å²) in [6.45, 7) is 0. The van der Waals surface area contributed by atoms with Gasteiger partial charge in [-0.15, -0.1) is 0 Å². The Kier molecular flexibility index (Phi) is 1.76. The number of nitrogens with zero attached hydrogens (tertiary/aromatic N) is 2. The minimum atomic E-state index is 0.0900. The number of rotatable bonds is 3. The molecule has 0 amide bonds.